The van der Waals surface area contributed by atoms with Crippen LogP contribution in [0.3, 0.4) is 0 Å². The van der Waals surface area contributed by atoms with Crippen LogP contribution in [0.5, 0.6) is 5.75 Å². The molecule has 0 fully saturated rings. The third-order valence-electron chi connectivity index (χ3n) is 2.99. The van der Waals surface area contributed by atoms with Crippen molar-refractivity contribution in [3.63, 3.8) is 0 Å². The Bertz CT molecular complexity index is 630. The summed E-state index contributed by atoms with van der Waals surface area (Å²) in [6, 6.07) is 8.09. The van der Waals surface area contributed by atoms with Gasteiger partial charge >= 0.3 is 6.61 Å². The number of hydrogen-bond donors (Lipinski definition) is 1. The highest BCUT2D eigenvalue weighted by Gasteiger charge is 2.16. The Hall–Kier alpha value is -1.72. The van der Waals surface area contributed by atoms with E-state index in [9.17, 15) is 18.3 Å². The van der Waals surface area contributed by atoms with Crippen molar-refractivity contribution in [2.24, 2.45) is 0 Å². The molecule has 0 bridgehead atoms. The number of alkyl halides is 2. The van der Waals surface area contributed by atoms with Crippen LogP contribution in [0.4, 0.5) is 13.2 Å². The summed E-state index contributed by atoms with van der Waals surface area (Å²) in [5, 5.41) is 10.4. The maximum absolute atomic E-state index is 13.3. The fraction of sp³-hybridized carbons (Fsp3) is 0.200. The summed E-state index contributed by atoms with van der Waals surface area (Å²) in [5.74, 6) is -0.473. The van der Waals surface area contributed by atoms with Crippen LogP contribution in [-0.2, 0) is 0 Å². The molecule has 2 nitrogen and oxygen atoms in total. The third kappa shape index (κ3) is 3.68. The molecule has 112 valence electrons. The Balaban J connectivity index is 2.27. The molecule has 0 heterocycles. The van der Waals surface area contributed by atoms with Gasteiger partial charge in [-0.05, 0) is 42.3 Å². The Morgan fingerprint density at radius 2 is 1.76 bits per heavy atom. The molecule has 0 aromatic heterocycles. The zero-order valence-electron chi connectivity index (χ0n) is 11.0. The molecule has 1 unspecified atom stereocenters. The zero-order chi connectivity index (χ0) is 15.6. The summed E-state index contributed by atoms with van der Waals surface area (Å²) in [4.78, 5) is 0. The van der Waals surface area contributed by atoms with Crippen molar-refractivity contribution in [3.8, 4) is 5.75 Å². The van der Waals surface area contributed by atoms with Gasteiger partial charge in [0.1, 0.15) is 17.7 Å². The number of aliphatic hydroxyl groups excluding tert-OH is 1. The summed E-state index contributed by atoms with van der Waals surface area (Å²) in [6.07, 6.45) is -1.09. The highest BCUT2D eigenvalue weighted by molar-refractivity contribution is 6.31. The topological polar surface area (TPSA) is 29.5 Å². The molecule has 2 aromatic carbocycles. The van der Waals surface area contributed by atoms with Crippen molar-refractivity contribution in [3.05, 3.63) is 63.9 Å². The number of aliphatic hydroxyl groups is 1. The Morgan fingerprint density at radius 1 is 1.14 bits per heavy atom. The normalized spacial score (nSPS) is 12.5. The Morgan fingerprint density at radius 3 is 2.33 bits per heavy atom. The van der Waals surface area contributed by atoms with E-state index in [1.54, 1.807) is 6.92 Å². The molecule has 0 spiro atoms. The molecule has 1 N–H and O–H groups in total. The monoisotopic (exact) mass is 316 g/mol. The van der Waals surface area contributed by atoms with E-state index in [1.807, 2.05) is 0 Å². The molecule has 2 rings (SSSR count). The van der Waals surface area contributed by atoms with Gasteiger partial charge in [-0.1, -0.05) is 23.7 Å². The van der Waals surface area contributed by atoms with Crippen LogP contribution in [0.1, 0.15) is 22.8 Å². The highest BCUT2D eigenvalue weighted by atomic mass is 35.5. The van der Waals surface area contributed by atoms with Gasteiger partial charge in [-0.15, -0.1) is 0 Å². The second kappa shape index (κ2) is 6.37. The van der Waals surface area contributed by atoms with Crippen LogP contribution >= 0.6 is 11.6 Å². The Labute approximate surface area is 124 Å². The second-order valence-electron chi connectivity index (χ2n) is 4.47. The standard InChI is InChI=1S/C15H12ClF3O2/c1-8-6-11(12(16)7-13(8)17)14(20)9-2-4-10(5-3-9)21-15(18)19/h2-7,14-15,20H,1H3. The van der Waals surface area contributed by atoms with Gasteiger partial charge in [0.25, 0.3) is 0 Å². The molecule has 0 aliphatic rings. The average molecular weight is 317 g/mol. The quantitative estimate of drug-likeness (QED) is 0.901. The van der Waals surface area contributed by atoms with Crippen LogP contribution in [-0.4, -0.2) is 11.7 Å². The maximum atomic E-state index is 13.3. The molecule has 6 heteroatoms. The molecule has 0 saturated carbocycles. The largest absolute Gasteiger partial charge is 0.435 e. The first-order chi connectivity index (χ1) is 9.88. The molecule has 0 radical (unpaired) electrons. The lowest BCUT2D eigenvalue weighted by Crippen LogP contribution is -2.04. The molecule has 0 saturated heterocycles. The van der Waals surface area contributed by atoms with Crippen molar-refractivity contribution in [2.45, 2.75) is 19.6 Å². The van der Waals surface area contributed by atoms with Gasteiger partial charge in [0.15, 0.2) is 0 Å². The van der Waals surface area contributed by atoms with Crippen molar-refractivity contribution >= 4 is 11.6 Å². The maximum Gasteiger partial charge on any atom is 0.387 e. The van der Waals surface area contributed by atoms with Gasteiger partial charge in [-0.2, -0.15) is 8.78 Å². The highest BCUT2D eigenvalue weighted by Crippen LogP contribution is 2.31. The van der Waals surface area contributed by atoms with Crippen molar-refractivity contribution < 1.29 is 23.0 Å². The van der Waals surface area contributed by atoms with Gasteiger partial charge in [0, 0.05) is 10.6 Å². The van der Waals surface area contributed by atoms with E-state index < -0.39 is 18.5 Å². The predicted octanol–water partition coefficient (Wildman–Crippen LogP) is 4.47. The predicted molar refractivity (Wildman–Crippen MR) is 73.3 cm³/mol. The minimum absolute atomic E-state index is 0.0117. The van der Waals surface area contributed by atoms with E-state index in [1.165, 1.54) is 30.3 Å². The van der Waals surface area contributed by atoms with Crippen molar-refractivity contribution in [1.82, 2.24) is 0 Å². The summed E-state index contributed by atoms with van der Waals surface area (Å²) in [6.45, 7) is -1.35. The SMILES string of the molecule is Cc1cc(C(O)c2ccc(OC(F)F)cc2)c(Cl)cc1F. The lowest BCUT2D eigenvalue weighted by Gasteiger charge is -2.15. The number of halogens is 4. The van der Waals surface area contributed by atoms with E-state index in [4.69, 9.17) is 11.6 Å². The number of rotatable bonds is 4. The smallest absolute Gasteiger partial charge is 0.387 e. The first-order valence-electron chi connectivity index (χ1n) is 6.07. The molecular formula is C15H12ClF3O2. The average Bonchev–Trinajstić information content (AvgIpc) is 2.42. The summed E-state index contributed by atoms with van der Waals surface area (Å²) >= 11 is 5.92. The fourth-order valence-corrected chi connectivity index (χ4v) is 2.15. The lowest BCUT2D eigenvalue weighted by atomic mass is 9.99. The Kier molecular flexibility index (Phi) is 4.75. The van der Waals surface area contributed by atoms with Gasteiger partial charge < -0.3 is 9.84 Å². The molecule has 1 atom stereocenters. The molecule has 0 amide bonds. The van der Waals surface area contributed by atoms with E-state index in [0.717, 1.165) is 6.07 Å². The van der Waals surface area contributed by atoms with Gasteiger partial charge in [0.05, 0.1) is 0 Å². The van der Waals surface area contributed by atoms with E-state index in [-0.39, 0.29) is 10.8 Å². The first kappa shape index (κ1) is 15.7. The summed E-state index contributed by atoms with van der Waals surface area (Å²) in [5.41, 5.74) is 1.13. The van der Waals surface area contributed by atoms with Gasteiger partial charge in [-0.3, -0.25) is 0 Å². The van der Waals surface area contributed by atoms with Crippen LogP contribution in [0.25, 0.3) is 0 Å². The van der Waals surface area contributed by atoms with Crippen LogP contribution < -0.4 is 4.74 Å². The first-order valence-corrected chi connectivity index (χ1v) is 6.44. The van der Waals surface area contributed by atoms with Crippen LogP contribution in [0, 0.1) is 12.7 Å². The summed E-state index contributed by atoms with van der Waals surface area (Å²) in [7, 11) is 0. The summed E-state index contributed by atoms with van der Waals surface area (Å²) < 4.78 is 41.7. The zero-order valence-corrected chi connectivity index (χ0v) is 11.7. The van der Waals surface area contributed by atoms with Crippen LogP contribution in [0.2, 0.25) is 5.02 Å². The number of ether oxygens (including phenoxy) is 1. The van der Waals surface area contributed by atoms with E-state index in [2.05, 4.69) is 4.74 Å². The van der Waals surface area contributed by atoms with E-state index >= 15 is 0 Å². The van der Waals surface area contributed by atoms with Gasteiger partial charge in [-0.25, -0.2) is 4.39 Å². The van der Waals surface area contributed by atoms with Crippen LogP contribution in [0.15, 0.2) is 36.4 Å². The minimum Gasteiger partial charge on any atom is -0.435 e. The van der Waals surface area contributed by atoms with Crippen molar-refractivity contribution in [2.75, 3.05) is 0 Å². The fourth-order valence-electron chi connectivity index (χ4n) is 1.90. The van der Waals surface area contributed by atoms with Crippen molar-refractivity contribution in [1.29, 1.82) is 0 Å². The lowest BCUT2D eigenvalue weighted by molar-refractivity contribution is -0.0498. The molecule has 0 aliphatic heterocycles. The van der Waals surface area contributed by atoms with Gasteiger partial charge in [0.2, 0.25) is 0 Å². The number of hydrogen-bond acceptors (Lipinski definition) is 2. The molecular weight excluding hydrogens is 305 g/mol. The third-order valence-corrected chi connectivity index (χ3v) is 3.32. The minimum atomic E-state index is -2.91. The molecule has 2 aromatic rings. The number of benzene rings is 2. The molecule has 0 aliphatic carbocycles. The molecule has 21 heavy (non-hydrogen) atoms. The number of aryl methyl sites for hydroxylation is 1. The van der Waals surface area contributed by atoms with E-state index in [0.29, 0.717) is 16.7 Å². The second-order valence-corrected chi connectivity index (χ2v) is 4.88.